The van der Waals surface area contributed by atoms with E-state index in [2.05, 4.69) is 39.6 Å². The summed E-state index contributed by atoms with van der Waals surface area (Å²) in [6.45, 7) is 6.26. The first-order valence-electron chi connectivity index (χ1n) is 9.19. The normalized spacial score (nSPS) is 11.5. The lowest BCUT2D eigenvalue weighted by atomic mass is 10.1. The fourth-order valence-corrected chi connectivity index (χ4v) is 2.62. The third kappa shape index (κ3) is 5.96. The molecule has 8 heteroatoms. The number of ether oxygens (including phenoxy) is 2. The van der Waals surface area contributed by atoms with Gasteiger partial charge in [0.25, 0.3) is 0 Å². The Bertz CT molecular complexity index is 708. The molecule has 0 spiro atoms. The monoisotopic (exact) mass is 375 g/mol. The Labute approximate surface area is 160 Å². The van der Waals surface area contributed by atoms with E-state index < -0.39 is 0 Å². The zero-order chi connectivity index (χ0) is 19.5. The van der Waals surface area contributed by atoms with Crippen molar-refractivity contribution in [3.05, 3.63) is 40.9 Å². The van der Waals surface area contributed by atoms with E-state index in [-0.39, 0.29) is 0 Å². The van der Waals surface area contributed by atoms with Gasteiger partial charge in [-0.15, -0.1) is 0 Å². The molecule has 0 aliphatic carbocycles. The third-order valence-electron chi connectivity index (χ3n) is 4.09. The zero-order valence-corrected chi connectivity index (χ0v) is 16.5. The van der Waals surface area contributed by atoms with E-state index >= 15 is 0 Å². The largest absolute Gasteiger partial charge is 0.475 e. The second-order valence-corrected chi connectivity index (χ2v) is 5.83. The number of guanidine groups is 1. The van der Waals surface area contributed by atoms with Crippen LogP contribution in [0.5, 0.6) is 5.88 Å². The molecule has 2 rings (SSSR count). The van der Waals surface area contributed by atoms with Crippen LogP contribution in [0.1, 0.15) is 36.4 Å². The highest BCUT2D eigenvalue weighted by molar-refractivity contribution is 5.79. The van der Waals surface area contributed by atoms with Crippen LogP contribution in [0.15, 0.2) is 27.8 Å². The Kier molecular flexibility index (Phi) is 8.57. The van der Waals surface area contributed by atoms with Gasteiger partial charge in [-0.05, 0) is 12.5 Å². The maximum Gasteiger partial charge on any atom is 0.218 e. The Balaban J connectivity index is 1.94. The Morgan fingerprint density at radius 3 is 2.70 bits per heavy atom. The summed E-state index contributed by atoms with van der Waals surface area (Å²) in [6.07, 6.45) is 3.36. The Hall–Kier alpha value is -2.61. The van der Waals surface area contributed by atoms with Crippen molar-refractivity contribution in [2.45, 2.75) is 39.8 Å². The molecule has 0 saturated carbocycles. The van der Waals surface area contributed by atoms with Crippen LogP contribution in [-0.4, -0.2) is 43.5 Å². The average Bonchev–Trinajstić information content (AvgIpc) is 3.11. The number of aryl methyl sites for hydroxylation is 2. The summed E-state index contributed by atoms with van der Waals surface area (Å²) in [4.78, 5) is 8.57. The molecule has 0 fully saturated rings. The number of aliphatic imine (C=N–C) groups is 1. The van der Waals surface area contributed by atoms with Crippen molar-refractivity contribution in [3.63, 3.8) is 0 Å². The van der Waals surface area contributed by atoms with Gasteiger partial charge >= 0.3 is 0 Å². The summed E-state index contributed by atoms with van der Waals surface area (Å²) >= 11 is 0. The van der Waals surface area contributed by atoms with E-state index in [4.69, 9.17) is 14.0 Å². The van der Waals surface area contributed by atoms with Crippen molar-refractivity contribution < 1.29 is 14.0 Å². The molecule has 0 radical (unpaired) electrons. The molecule has 0 bridgehead atoms. The van der Waals surface area contributed by atoms with Gasteiger partial charge in [-0.25, -0.2) is 4.98 Å². The van der Waals surface area contributed by atoms with Crippen LogP contribution in [0.2, 0.25) is 0 Å². The number of aromatic nitrogens is 2. The minimum absolute atomic E-state index is 0.459. The third-order valence-corrected chi connectivity index (χ3v) is 4.09. The van der Waals surface area contributed by atoms with E-state index in [1.54, 1.807) is 20.4 Å². The first-order valence-corrected chi connectivity index (χ1v) is 9.19. The fourth-order valence-electron chi connectivity index (χ4n) is 2.62. The molecule has 2 N–H and O–H groups in total. The molecule has 0 aliphatic heterocycles. The van der Waals surface area contributed by atoms with Gasteiger partial charge in [-0.2, -0.15) is 0 Å². The zero-order valence-electron chi connectivity index (χ0n) is 16.5. The standard InChI is InChI=1S/C19H29N5O3/c1-5-16-15(17(6-2)27-24-16)13-23-19(20-3)22-12-14-8-7-9-21-18(14)26-11-10-25-4/h7-9H,5-6,10-13H2,1-4H3,(H2,20,22,23). The van der Waals surface area contributed by atoms with Gasteiger partial charge in [0.15, 0.2) is 5.96 Å². The van der Waals surface area contributed by atoms with Gasteiger partial charge < -0.3 is 24.6 Å². The molecule has 0 unspecified atom stereocenters. The van der Waals surface area contributed by atoms with Gasteiger partial charge in [0, 0.05) is 51.0 Å². The van der Waals surface area contributed by atoms with Crippen molar-refractivity contribution in [1.82, 2.24) is 20.8 Å². The lowest BCUT2D eigenvalue weighted by molar-refractivity contribution is 0.143. The molecule has 2 aromatic rings. The van der Waals surface area contributed by atoms with Crippen molar-refractivity contribution >= 4 is 5.96 Å². The fraction of sp³-hybridized carbons (Fsp3) is 0.526. The molecule has 0 aliphatic rings. The quantitative estimate of drug-likeness (QED) is 0.373. The molecule has 0 aromatic carbocycles. The van der Waals surface area contributed by atoms with Crippen LogP contribution in [0.3, 0.4) is 0 Å². The summed E-state index contributed by atoms with van der Waals surface area (Å²) in [5.74, 6) is 2.20. The smallest absolute Gasteiger partial charge is 0.218 e. The highest BCUT2D eigenvalue weighted by Gasteiger charge is 2.14. The number of hydrogen-bond acceptors (Lipinski definition) is 6. The van der Waals surface area contributed by atoms with Crippen LogP contribution >= 0.6 is 0 Å². The van der Waals surface area contributed by atoms with E-state index in [0.717, 1.165) is 35.4 Å². The SMILES string of the molecule is CCc1noc(CC)c1CNC(=NC)NCc1cccnc1OCCOC. The number of rotatable bonds is 10. The van der Waals surface area contributed by atoms with Crippen LogP contribution in [0.4, 0.5) is 0 Å². The summed E-state index contributed by atoms with van der Waals surface area (Å²) in [6, 6.07) is 3.86. The first-order chi connectivity index (χ1) is 13.2. The van der Waals surface area contributed by atoms with Crippen LogP contribution in [0.25, 0.3) is 0 Å². The van der Waals surface area contributed by atoms with E-state index in [1.165, 1.54) is 0 Å². The lowest BCUT2D eigenvalue weighted by Gasteiger charge is -2.14. The average molecular weight is 375 g/mol. The molecule has 2 heterocycles. The minimum atomic E-state index is 0.459. The van der Waals surface area contributed by atoms with E-state index in [1.807, 2.05) is 12.1 Å². The molecule has 8 nitrogen and oxygen atoms in total. The maximum atomic E-state index is 5.67. The molecule has 0 atom stereocenters. The van der Waals surface area contributed by atoms with E-state index in [0.29, 0.717) is 38.1 Å². The highest BCUT2D eigenvalue weighted by Crippen LogP contribution is 2.16. The number of pyridine rings is 1. The highest BCUT2D eigenvalue weighted by atomic mass is 16.5. The van der Waals surface area contributed by atoms with Gasteiger partial charge in [-0.1, -0.05) is 25.1 Å². The molecule has 0 amide bonds. The minimum Gasteiger partial charge on any atom is -0.475 e. The van der Waals surface area contributed by atoms with Gasteiger partial charge in [0.2, 0.25) is 5.88 Å². The van der Waals surface area contributed by atoms with Crippen LogP contribution < -0.4 is 15.4 Å². The molecule has 0 saturated heterocycles. The van der Waals surface area contributed by atoms with Gasteiger partial charge in [0.1, 0.15) is 12.4 Å². The molecule has 2 aromatic heterocycles. The maximum absolute atomic E-state index is 5.67. The number of nitrogens with one attached hydrogen (secondary N) is 2. The molecule has 27 heavy (non-hydrogen) atoms. The summed E-state index contributed by atoms with van der Waals surface area (Å²) < 4.78 is 16.1. The summed E-state index contributed by atoms with van der Waals surface area (Å²) in [5, 5.41) is 10.8. The topological polar surface area (TPSA) is 93.8 Å². The molecular formula is C19H29N5O3. The lowest BCUT2D eigenvalue weighted by Crippen LogP contribution is -2.36. The molecular weight excluding hydrogens is 346 g/mol. The predicted molar refractivity (Wildman–Crippen MR) is 104 cm³/mol. The Morgan fingerprint density at radius 2 is 2.00 bits per heavy atom. The number of nitrogens with zero attached hydrogens (tertiary/aromatic N) is 3. The number of methoxy groups -OCH3 is 1. The second kappa shape index (κ2) is 11.2. The van der Waals surface area contributed by atoms with Gasteiger partial charge in [-0.3, -0.25) is 4.99 Å². The molecule has 148 valence electrons. The summed E-state index contributed by atoms with van der Waals surface area (Å²) in [7, 11) is 3.38. The summed E-state index contributed by atoms with van der Waals surface area (Å²) in [5.41, 5.74) is 3.04. The van der Waals surface area contributed by atoms with Crippen LogP contribution in [0, 0.1) is 0 Å². The Morgan fingerprint density at radius 1 is 1.19 bits per heavy atom. The van der Waals surface area contributed by atoms with Crippen molar-refractivity contribution in [2.75, 3.05) is 27.4 Å². The first kappa shape index (κ1) is 20.7. The van der Waals surface area contributed by atoms with Crippen molar-refractivity contribution in [2.24, 2.45) is 4.99 Å². The van der Waals surface area contributed by atoms with Crippen LogP contribution in [-0.2, 0) is 30.7 Å². The van der Waals surface area contributed by atoms with Crippen molar-refractivity contribution in [3.8, 4) is 5.88 Å². The second-order valence-electron chi connectivity index (χ2n) is 5.83. The predicted octanol–water partition coefficient (Wildman–Crippen LogP) is 2.08. The van der Waals surface area contributed by atoms with E-state index in [9.17, 15) is 0 Å². The number of hydrogen-bond donors (Lipinski definition) is 2. The van der Waals surface area contributed by atoms with Gasteiger partial charge in [0.05, 0.1) is 12.3 Å². The van der Waals surface area contributed by atoms with Crippen molar-refractivity contribution in [1.29, 1.82) is 0 Å².